The van der Waals surface area contributed by atoms with E-state index in [9.17, 15) is 0 Å². The molecule has 1 aromatic heterocycles. The molecule has 5 aromatic rings. The highest BCUT2D eigenvalue weighted by Gasteiger charge is 2.13. The van der Waals surface area contributed by atoms with Crippen molar-refractivity contribution in [3.63, 3.8) is 0 Å². The Kier molecular flexibility index (Phi) is 6.27. The minimum absolute atomic E-state index is 0.415. The van der Waals surface area contributed by atoms with Crippen molar-refractivity contribution in [1.29, 1.82) is 0 Å². The summed E-state index contributed by atoms with van der Waals surface area (Å²) >= 11 is 0. The van der Waals surface area contributed by atoms with Gasteiger partial charge in [-0.1, -0.05) is 68.4 Å². The van der Waals surface area contributed by atoms with E-state index in [4.69, 9.17) is 5.73 Å². The molecule has 0 aliphatic heterocycles. The third kappa shape index (κ3) is 4.78. The highest BCUT2D eigenvalue weighted by atomic mass is 15.1. The first-order valence-electron chi connectivity index (χ1n) is 11.8. The second-order valence-corrected chi connectivity index (χ2v) is 8.85. The second-order valence-electron chi connectivity index (χ2n) is 8.85. The van der Waals surface area contributed by atoms with Gasteiger partial charge in [-0.05, 0) is 65.6 Å². The molecule has 0 unspecified atom stereocenters. The van der Waals surface area contributed by atoms with Crippen LogP contribution in [0.25, 0.3) is 22.5 Å². The number of nitrogen functional groups attached to an aromatic ring is 1. The van der Waals surface area contributed by atoms with Gasteiger partial charge in [0, 0.05) is 46.3 Å². The summed E-state index contributed by atoms with van der Waals surface area (Å²) in [5.74, 6) is 1.06. The second kappa shape index (κ2) is 9.82. The van der Waals surface area contributed by atoms with Gasteiger partial charge in [-0.2, -0.15) is 0 Å². The average molecular weight is 457 g/mol. The Labute approximate surface area is 206 Å². The van der Waals surface area contributed by atoms with Crippen LogP contribution < -0.4 is 10.6 Å². The maximum Gasteiger partial charge on any atom is 0.161 e. The molecule has 4 aromatic carbocycles. The van der Waals surface area contributed by atoms with Gasteiger partial charge in [0.2, 0.25) is 0 Å². The number of nitrogens with two attached hydrogens (primary N) is 1. The summed E-state index contributed by atoms with van der Waals surface area (Å²) in [5, 5.41) is 0. The Morgan fingerprint density at radius 3 is 1.71 bits per heavy atom. The molecule has 0 radical (unpaired) electrons. The number of nitrogens with zero attached hydrogens (tertiary/aromatic N) is 3. The molecule has 5 rings (SSSR count). The molecule has 0 saturated carbocycles. The van der Waals surface area contributed by atoms with Gasteiger partial charge in [0.15, 0.2) is 5.82 Å². The summed E-state index contributed by atoms with van der Waals surface area (Å²) in [4.78, 5) is 11.5. The van der Waals surface area contributed by atoms with Gasteiger partial charge in [-0.25, -0.2) is 9.97 Å². The molecule has 0 spiro atoms. The summed E-state index contributed by atoms with van der Waals surface area (Å²) in [6.45, 7) is 4.33. The molecule has 0 amide bonds. The third-order valence-electron chi connectivity index (χ3n) is 6.12. The fraction of sp³-hybridized carbons (Fsp3) is 0.0968. The number of benzene rings is 4. The van der Waals surface area contributed by atoms with Gasteiger partial charge in [-0.15, -0.1) is 0 Å². The van der Waals surface area contributed by atoms with Crippen molar-refractivity contribution >= 4 is 22.7 Å². The van der Waals surface area contributed by atoms with Crippen molar-refractivity contribution in [3.05, 3.63) is 121 Å². The standard InChI is InChI=1S/C31H28N4/c1-22(2)24-15-18-30(32)29(19-24)31-33-20-25(21-34-31)23-13-16-28(17-14-23)35(26-9-5-3-6-10-26)27-11-7-4-8-12-27/h3-22H,32H2,1-2H3. The van der Waals surface area contributed by atoms with Crippen molar-refractivity contribution in [3.8, 4) is 22.5 Å². The fourth-order valence-corrected chi connectivity index (χ4v) is 4.15. The highest BCUT2D eigenvalue weighted by Crippen LogP contribution is 2.35. The molecule has 0 atom stereocenters. The third-order valence-corrected chi connectivity index (χ3v) is 6.12. The van der Waals surface area contributed by atoms with Crippen LogP contribution in [-0.2, 0) is 0 Å². The van der Waals surface area contributed by atoms with Crippen LogP contribution >= 0.6 is 0 Å². The summed E-state index contributed by atoms with van der Waals surface area (Å²) in [6, 6.07) is 35.3. The summed E-state index contributed by atoms with van der Waals surface area (Å²) < 4.78 is 0. The number of aromatic nitrogens is 2. The molecule has 4 nitrogen and oxygen atoms in total. The van der Waals surface area contributed by atoms with E-state index in [0.29, 0.717) is 17.4 Å². The topological polar surface area (TPSA) is 55.0 Å². The summed E-state index contributed by atoms with van der Waals surface area (Å²) in [5.41, 5.74) is 14.3. The van der Waals surface area contributed by atoms with E-state index in [1.807, 2.05) is 30.6 Å². The van der Waals surface area contributed by atoms with Crippen LogP contribution in [0.5, 0.6) is 0 Å². The predicted octanol–water partition coefficient (Wildman–Crippen LogP) is 7.99. The van der Waals surface area contributed by atoms with Crippen LogP contribution in [0.2, 0.25) is 0 Å². The summed E-state index contributed by atoms with van der Waals surface area (Å²) in [6.07, 6.45) is 3.73. The fourth-order valence-electron chi connectivity index (χ4n) is 4.15. The molecule has 172 valence electrons. The zero-order valence-electron chi connectivity index (χ0n) is 20.0. The van der Waals surface area contributed by atoms with Gasteiger partial charge in [-0.3, -0.25) is 0 Å². The molecule has 35 heavy (non-hydrogen) atoms. The Hall–Kier alpha value is -4.44. The Morgan fingerprint density at radius 1 is 0.629 bits per heavy atom. The molecule has 4 heteroatoms. The summed E-state index contributed by atoms with van der Waals surface area (Å²) in [7, 11) is 0. The van der Waals surface area contributed by atoms with Gasteiger partial charge in [0.05, 0.1) is 0 Å². The zero-order valence-corrected chi connectivity index (χ0v) is 20.0. The Morgan fingerprint density at radius 2 is 1.17 bits per heavy atom. The Balaban J connectivity index is 1.44. The first-order chi connectivity index (χ1) is 17.1. The minimum atomic E-state index is 0.415. The number of para-hydroxylation sites is 2. The number of hydrogen-bond donors (Lipinski definition) is 1. The molecule has 0 aliphatic rings. The van der Waals surface area contributed by atoms with Crippen LogP contribution in [0.3, 0.4) is 0 Å². The molecule has 1 heterocycles. The van der Waals surface area contributed by atoms with E-state index >= 15 is 0 Å². The SMILES string of the molecule is CC(C)c1ccc(N)c(-c2ncc(-c3ccc(N(c4ccccc4)c4ccccc4)cc3)cn2)c1. The van der Waals surface area contributed by atoms with Crippen molar-refractivity contribution in [2.75, 3.05) is 10.6 Å². The van der Waals surface area contributed by atoms with E-state index in [1.165, 1.54) is 5.56 Å². The van der Waals surface area contributed by atoms with Crippen LogP contribution in [0, 0.1) is 0 Å². The monoisotopic (exact) mass is 456 g/mol. The number of anilines is 4. The molecule has 2 N–H and O–H groups in total. The lowest BCUT2D eigenvalue weighted by Crippen LogP contribution is -2.09. The molecule has 0 saturated heterocycles. The largest absolute Gasteiger partial charge is 0.398 e. The lowest BCUT2D eigenvalue weighted by Gasteiger charge is -2.25. The van der Waals surface area contributed by atoms with Crippen LogP contribution in [0.15, 0.2) is 116 Å². The molecule has 0 aliphatic carbocycles. The first kappa shape index (κ1) is 22.4. The molecule has 0 bridgehead atoms. The predicted molar refractivity (Wildman–Crippen MR) is 146 cm³/mol. The normalized spacial score (nSPS) is 10.9. The molecular weight excluding hydrogens is 428 g/mol. The van der Waals surface area contributed by atoms with Crippen molar-refractivity contribution in [1.82, 2.24) is 9.97 Å². The first-order valence-corrected chi connectivity index (χ1v) is 11.8. The van der Waals surface area contributed by atoms with Gasteiger partial charge in [0.25, 0.3) is 0 Å². The van der Waals surface area contributed by atoms with Gasteiger partial charge < -0.3 is 10.6 Å². The molecule has 0 fully saturated rings. The van der Waals surface area contributed by atoms with E-state index in [1.54, 1.807) is 0 Å². The smallest absolute Gasteiger partial charge is 0.161 e. The average Bonchev–Trinajstić information content (AvgIpc) is 2.91. The Bertz CT molecular complexity index is 1360. The number of hydrogen-bond acceptors (Lipinski definition) is 4. The van der Waals surface area contributed by atoms with Gasteiger partial charge >= 0.3 is 0 Å². The van der Waals surface area contributed by atoms with Crippen molar-refractivity contribution < 1.29 is 0 Å². The van der Waals surface area contributed by atoms with E-state index in [2.05, 4.69) is 114 Å². The number of rotatable bonds is 6. The lowest BCUT2D eigenvalue weighted by molar-refractivity contribution is 0.867. The van der Waals surface area contributed by atoms with E-state index in [0.717, 1.165) is 33.8 Å². The van der Waals surface area contributed by atoms with Crippen molar-refractivity contribution in [2.24, 2.45) is 0 Å². The van der Waals surface area contributed by atoms with Gasteiger partial charge in [0.1, 0.15) is 0 Å². The van der Waals surface area contributed by atoms with Crippen LogP contribution in [0.4, 0.5) is 22.7 Å². The lowest BCUT2D eigenvalue weighted by atomic mass is 9.99. The maximum absolute atomic E-state index is 6.23. The van der Waals surface area contributed by atoms with Crippen LogP contribution in [-0.4, -0.2) is 9.97 Å². The van der Waals surface area contributed by atoms with E-state index in [-0.39, 0.29) is 0 Å². The van der Waals surface area contributed by atoms with Crippen molar-refractivity contribution in [2.45, 2.75) is 19.8 Å². The quantitative estimate of drug-likeness (QED) is 0.263. The van der Waals surface area contributed by atoms with E-state index < -0.39 is 0 Å². The maximum atomic E-state index is 6.23. The zero-order chi connectivity index (χ0) is 24.2. The molecular formula is C31H28N4. The minimum Gasteiger partial charge on any atom is -0.398 e. The highest BCUT2D eigenvalue weighted by molar-refractivity contribution is 5.78. The van der Waals surface area contributed by atoms with Crippen LogP contribution in [0.1, 0.15) is 25.3 Å².